The molecular formula is C10H20N2O4. The van der Waals surface area contributed by atoms with Crippen LogP contribution in [0.1, 0.15) is 20.3 Å². The van der Waals surface area contributed by atoms with Crippen molar-refractivity contribution in [2.75, 3.05) is 26.9 Å². The summed E-state index contributed by atoms with van der Waals surface area (Å²) in [6, 6.07) is 0. The van der Waals surface area contributed by atoms with E-state index in [1.54, 1.807) is 21.0 Å². The molecule has 2 amide bonds. The van der Waals surface area contributed by atoms with Crippen LogP contribution in [0.2, 0.25) is 0 Å². The van der Waals surface area contributed by atoms with Gasteiger partial charge in [0.1, 0.15) is 6.61 Å². The summed E-state index contributed by atoms with van der Waals surface area (Å²) in [5.74, 6) is -0.729. The van der Waals surface area contributed by atoms with Crippen molar-refractivity contribution in [3.63, 3.8) is 0 Å². The normalized spacial score (nSPS) is 11.2. The third-order valence-electron chi connectivity index (χ3n) is 1.76. The highest BCUT2D eigenvalue weighted by atomic mass is 16.5. The number of methoxy groups -OCH3 is 1. The Balaban J connectivity index is 3.80. The van der Waals surface area contributed by atoms with Gasteiger partial charge in [-0.15, -0.1) is 0 Å². The number of hydrogen-bond donors (Lipinski definition) is 2. The predicted octanol–water partition coefficient (Wildman–Crippen LogP) is -0.580. The van der Waals surface area contributed by atoms with Crippen molar-refractivity contribution in [1.29, 1.82) is 0 Å². The van der Waals surface area contributed by atoms with Crippen LogP contribution in [0.25, 0.3) is 0 Å². The van der Waals surface area contributed by atoms with E-state index in [2.05, 4.69) is 5.32 Å². The molecule has 3 N–H and O–H groups in total. The lowest BCUT2D eigenvalue weighted by Gasteiger charge is -2.24. The van der Waals surface area contributed by atoms with E-state index in [1.165, 1.54) is 0 Å². The van der Waals surface area contributed by atoms with Gasteiger partial charge in [0, 0.05) is 19.1 Å². The molecule has 0 fully saturated rings. The molecule has 94 valence electrons. The van der Waals surface area contributed by atoms with E-state index in [0.717, 1.165) is 0 Å². The first-order valence-electron chi connectivity index (χ1n) is 5.03. The number of nitrogens with one attached hydrogen (secondary N) is 1. The largest absolute Gasteiger partial charge is 0.382 e. The molecule has 0 unspecified atom stereocenters. The number of amides is 2. The van der Waals surface area contributed by atoms with E-state index in [9.17, 15) is 9.59 Å². The first-order chi connectivity index (χ1) is 7.37. The number of primary amides is 1. The molecule has 0 saturated carbocycles. The quantitative estimate of drug-likeness (QED) is 0.548. The summed E-state index contributed by atoms with van der Waals surface area (Å²) >= 11 is 0. The summed E-state index contributed by atoms with van der Waals surface area (Å²) in [7, 11) is 1.55. The Morgan fingerprint density at radius 1 is 1.31 bits per heavy atom. The molecule has 6 nitrogen and oxygen atoms in total. The molecule has 0 aliphatic rings. The number of carbonyl (C=O) groups excluding carboxylic acids is 2. The molecule has 0 aliphatic carbocycles. The smallest absolute Gasteiger partial charge is 0.246 e. The second kappa shape index (κ2) is 7.19. The minimum Gasteiger partial charge on any atom is -0.382 e. The van der Waals surface area contributed by atoms with Gasteiger partial charge in [-0.25, -0.2) is 0 Å². The van der Waals surface area contributed by atoms with Crippen LogP contribution < -0.4 is 11.1 Å². The van der Waals surface area contributed by atoms with Crippen LogP contribution in [0.15, 0.2) is 0 Å². The lowest BCUT2D eigenvalue weighted by Crippen LogP contribution is -2.47. The zero-order valence-electron chi connectivity index (χ0n) is 10.0. The molecule has 0 radical (unpaired) electrons. The highest BCUT2D eigenvalue weighted by molar-refractivity contribution is 5.80. The van der Waals surface area contributed by atoms with E-state index in [-0.39, 0.29) is 18.9 Å². The van der Waals surface area contributed by atoms with Gasteiger partial charge in [-0.05, 0) is 13.8 Å². The molecule has 0 bridgehead atoms. The van der Waals surface area contributed by atoms with Gasteiger partial charge in [0.05, 0.1) is 13.2 Å². The van der Waals surface area contributed by atoms with Gasteiger partial charge in [-0.3, -0.25) is 9.59 Å². The Morgan fingerprint density at radius 2 is 1.94 bits per heavy atom. The summed E-state index contributed by atoms with van der Waals surface area (Å²) in [4.78, 5) is 22.1. The standard InChI is InChI=1S/C10H20N2O4/c1-10(2,6-8(11)13)12-9(14)7-16-5-4-15-3/h4-7H2,1-3H3,(H2,11,13)(H,12,14). The molecule has 0 aromatic heterocycles. The van der Waals surface area contributed by atoms with Gasteiger partial charge in [-0.1, -0.05) is 0 Å². The number of ether oxygens (including phenoxy) is 2. The SMILES string of the molecule is COCCOCC(=O)NC(C)(C)CC(N)=O. The van der Waals surface area contributed by atoms with E-state index in [1.807, 2.05) is 0 Å². The van der Waals surface area contributed by atoms with Crippen molar-refractivity contribution in [2.24, 2.45) is 5.73 Å². The molecule has 0 saturated heterocycles. The van der Waals surface area contributed by atoms with E-state index in [0.29, 0.717) is 13.2 Å². The Labute approximate surface area is 95.5 Å². The third kappa shape index (κ3) is 8.19. The van der Waals surface area contributed by atoms with Crippen LogP contribution in [-0.2, 0) is 19.1 Å². The van der Waals surface area contributed by atoms with Gasteiger partial charge in [0.2, 0.25) is 11.8 Å². The molecule has 0 rings (SSSR count). The third-order valence-corrected chi connectivity index (χ3v) is 1.76. The molecule has 0 aromatic rings. The Kier molecular flexibility index (Phi) is 6.67. The van der Waals surface area contributed by atoms with Gasteiger partial charge in [0.25, 0.3) is 0 Å². The van der Waals surface area contributed by atoms with Crippen LogP contribution in [0, 0.1) is 0 Å². The number of rotatable bonds is 8. The van der Waals surface area contributed by atoms with E-state index >= 15 is 0 Å². The molecule has 6 heteroatoms. The zero-order valence-corrected chi connectivity index (χ0v) is 10.0. The summed E-state index contributed by atoms with van der Waals surface area (Å²) in [6.45, 7) is 4.21. The second-order valence-electron chi connectivity index (χ2n) is 4.12. The van der Waals surface area contributed by atoms with Gasteiger partial charge in [0.15, 0.2) is 0 Å². The fourth-order valence-electron chi connectivity index (χ4n) is 1.20. The van der Waals surface area contributed by atoms with Crippen LogP contribution in [0.4, 0.5) is 0 Å². The summed E-state index contributed by atoms with van der Waals surface area (Å²) in [5.41, 5.74) is 4.41. The lowest BCUT2D eigenvalue weighted by atomic mass is 10.0. The summed E-state index contributed by atoms with van der Waals surface area (Å²) in [6.07, 6.45) is 0.0941. The number of nitrogens with two attached hydrogens (primary N) is 1. The van der Waals surface area contributed by atoms with Crippen molar-refractivity contribution >= 4 is 11.8 Å². The van der Waals surface area contributed by atoms with Crippen LogP contribution in [0.3, 0.4) is 0 Å². The Bertz CT molecular complexity index is 241. The fraction of sp³-hybridized carbons (Fsp3) is 0.800. The topological polar surface area (TPSA) is 90.7 Å². The van der Waals surface area contributed by atoms with Crippen molar-refractivity contribution in [1.82, 2.24) is 5.32 Å². The molecule has 0 heterocycles. The summed E-state index contributed by atoms with van der Waals surface area (Å²) in [5, 5.41) is 2.66. The average molecular weight is 232 g/mol. The van der Waals surface area contributed by atoms with E-state index in [4.69, 9.17) is 15.2 Å². The molecule has 0 aromatic carbocycles. The molecule has 0 atom stereocenters. The number of carbonyl (C=O) groups is 2. The molecule has 0 aliphatic heterocycles. The fourth-order valence-corrected chi connectivity index (χ4v) is 1.20. The van der Waals surface area contributed by atoms with Crippen molar-refractivity contribution in [2.45, 2.75) is 25.8 Å². The second-order valence-corrected chi connectivity index (χ2v) is 4.12. The van der Waals surface area contributed by atoms with Crippen molar-refractivity contribution in [3.05, 3.63) is 0 Å². The Morgan fingerprint density at radius 3 is 2.44 bits per heavy atom. The Hall–Kier alpha value is -1.14. The molecule has 0 spiro atoms. The predicted molar refractivity (Wildman–Crippen MR) is 58.7 cm³/mol. The van der Waals surface area contributed by atoms with Gasteiger partial charge >= 0.3 is 0 Å². The monoisotopic (exact) mass is 232 g/mol. The van der Waals surface area contributed by atoms with Crippen molar-refractivity contribution < 1.29 is 19.1 Å². The summed E-state index contributed by atoms with van der Waals surface area (Å²) < 4.78 is 9.79. The highest BCUT2D eigenvalue weighted by Gasteiger charge is 2.22. The maximum atomic E-state index is 11.4. The molecular weight excluding hydrogens is 212 g/mol. The lowest BCUT2D eigenvalue weighted by molar-refractivity contribution is -0.128. The van der Waals surface area contributed by atoms with Gasteiger partial charge in [-0.2, -0.15) is 0 Å². The average Bonchev–Trinajstić information content (AvgIpc) is 2.09. The zero-order chi connectivity index (χ0) is 12.6. The maximum absolute atomic E-state index is 11.4. The van der Waals surface area contributed by atoms with Gasteiger partial charge < -0.3 is 20.5 Å². The minimum absolute atomic E-state index is 0.0500. The number of hydrogen-bond acceptors (Lipinski definition) is 4. The highest BCUT2D eigenvalue weighted by Crippen LogP contribution is 2.06. The first kappa shape index (κ1) is 14.9. The first-order valence-corrected chi connectivity index (χ1v) is 5.03. The van der Waals surface area contributed by atoms with Crippen LogP contribution in [0.5, 0.6) is 0 Å². The van der Waals surface area contributed by atoms with Crippen molar-refractivity contribution in [3.8, 4) is 0 Å². The maximum Gasteiger partial charge on any atom is 0.246 e. The minimum atomic E-state index is -0.645. The van der Waals surface area contributed by atoms with E-state index < -0.39 is 11.4 Å². The molecule has 16 heavy (non-hydrogen) atoms. The van der Waals surface area contributed by atoms with Crippen LogP contribution in [-0.4, -0.2) is 44.3 Å². The van der Waals surface area contributed by atoms with Crippen LogP contribution >= 0.6 is 0 Å².